The lowest BCUT2D eigenvalue weighted by Gasteiger charge is -2.20. The summed E-state index contributed by atoms with van der Waals surface area (Å²) in [6.07, 6.45) is 3.73. The quantitative estimate of drug-likeness (QED) is 0.694. The molecule has 3 N–H and O–H groups in total. The minimum atomic E-state index is -3.24. The molecule has 0 amide bonds. The van der Waals surface area contributed by atoms with Crippen molar-refractivity contribution < 1.29 is 13.5 Å². The van der Waals surface area contributed by atoms with Crippen LogP contribution in [0.4, 0.5) is 0 Å². The summed E-state index contributed by atoms with van der Waals surface area (Å²) < 4.78 is 23.6. The molecule has 1 unspecified atom stereocenters. The Morgan fingerprint density at radius 1 is 1.67 bits per heavy atom. The second-order valence-electron chi connectivity index (χ2n) is 3.85. The lowest BCUT2D eigenvalue weighted by atomic mass is 10.1. The highest BCUT2D eigenvalue weighted by Gasteiger charge is 2.20. The topological polar surface area (TPSA) is 98.2 Å². The maximum absolute atomic E-state index is 11.1. The van der Waals surface area contributed by atoms with Crippen molar-refractivity contribution in [3.63, 3.8) is 0 Å². The third kappa shape index (κ3) is 3.29. The maximum atomic E-state index is 11.1. The Kier molecular flexibility index (Phi) is 3.17. The lowest BCUT2D eigenvalue weighted by molar-refractivity contribution is 0.0471. The molecule has 86 valence electrons. The molecule has 15 heavy (non-hydrogen) atoms. The summed E-state index contributed by atoms with van der Waals surface area (Å²) in [5.41, 5.74) is 4.25. The maximum Gasteiger partial charge on any atom is 0.178 e. The van der Waals surface area contributed by atoms with Crippen molar-refractivity contribution in [3.8, 4) is 0 Å². The van der Waals surface area contributed by atoms with Crippen LogP contribution in [0.3, 0.4) is 0 Å². The van der Waals surface area contributed by atoms with Gasteiger partial charge >= 0.3 is 0 Å². The van der Waals surface area contributed by atoms with Crippen molar-refractivity contribution in [1.82, 2.24) is 9.78 Å². The minimum absolute atomic E-state index is 0.0844. The van der Waals surface area contributed by atoms with Gasteiger partial charge in [-0.1, -0.05) is 0 Å². The standard InChI is InChI=1S/C8H15N3O3S/c1-8(12,5-9)6-11-4-7(3-10-11)15(2,13)14/h3-4,12H,5-6,9H2,1-2H3. The fraction of sp³-hybridized carbons (Fsp3) is 0.625. The molecule has 0 aromatic carbocycles. The van der Waals surface area contributed by atoms with Crippen LogP contribution in [0.15, 0.2) is 17.3 Å². The molecule has 0 saturated carbocycles. The van der Waals surface area contributed by atoms with Gasteiger partial charge in [-0.05, 0) is 6.92 Å². The minimum Gasteiger partial charge on any atom is -0.387 e. The highest BCUT2D eigenvalue weighted by atomic mass is 32.2. The van der Waals surface area contributed by atoms with Crippen LogP contribution in [0.25, 0.3) is 0 Å². The summed E-state index contributed by atoms with van der Waals surface area (Å²) in [5.74, 6) is 0. The molecule has 7 heteroatoms. The van der Waals surface area contributed by atoms with Crippen LogP contribution < -0.4 is 5.73 Å². The van der Waals surface area contributed by atoms with Gasteiger partial charge < -0.3 is 10.8 Å². The number of rotatable bonds is 4. The summed E-state index contributed by atoms with van der Waals surface area (Å²) >= 11 is 0. The molecule has 1 aromatic heterocycles. The van der Waals surface area contributed by atoms with E-state index in [0.29, 0.717) is 0 Å². The molecular formula is C8H15N3O3S. The molecule has 1 aromatic rings. The number of hydrogen-bond acceptors (Lipinski definition) is 5. The average Bonchev–Trinajstić information content (AvgIpc) is 2.51. The van der Waals surface area contributed by atoms with E-state index in [4.69, 9.17) is 5.73 Å². The van der Waals surface area contributed by atoms with E-state index >= 15 is 0 Å². The normalized spacial score (nSPS) is 16.3. The van der Waals surface area contributed by atoms with E-state index in [9.17, 15) is 13.5 Å². The Bertz CT molecular complexity index is 436. The SMILES string of the molecule is CC(O)(CN)Cn1cc(S(C)(=O)=O)cn1. The zero-order valence-corrected chi connectivity index (χ0v) is 9.53. The largest absolute Gasteiger partial charge is 0.387 e. The summed E-state index contributed by atoms with van der Waals surface area (Å²) in [6.45, 7) is 1.81. The molecule has 0 spiro atoms. The van der Waals surface area contributed by atoms with Crippen molar-refractivity contribution in [3.05, 3.63) is 12.4 Å². The molecule has 0 aliphatic rings. The predicted molar refractivity (Wildman–Crippen MR) is 55.0 cm³/mol. The van der Waals surface area contributed by atoms with Crippen LogP contribution >= 0.6 is 0 Å². The first-order valence-corrected chi connectivity index (χ1v) is 6.29. The van der Waals surface area contributed by atoms with Gasteiger partial charge in [0.05, 0.1) is 18.3 Å². The van der Waals surface area contributed by atoms with E-state index in [2.05, 4.69) is 5.10 Å². The van der Waals surface area contributed by atoms with Crippen LogP contribution in [0, 0.1) is 0 Å². The van der Waals surface area contributed by atoms with Crippen molar-refractivity contribution in [2.45, 2.75) is 24.0 Å². The molecule has 0 bridgehead atoms. The second kappa shape index (κ2) is 3.92. The fourth-order valence-corrected chi connectivity index (χ4v) is 1.59. The van der Waals surface area contributed by atoms with Gasteiger partial charge in [-0.2, -0.15) is 5.10 Å². The smallest absolute Gasteiger partial charge is 0.178 e. The predicted octanol–water partition coefficient (Wildman–Crippen LogP) is -1.00. The fourth-order valence-electron chi connectivity index (χ4n) is 1.04. The van der Waals surface area contributed by atoms with Gasteiger partial charge in [-0.3, -0.25) is 4.68 Å². The first-order chi connectivity index (χ1) is 6.74. The molecule has 0 fully saturated rings. The van der Waals surface area contributed by atoms with Gasteiger partial charge in [0.1, 0.15) is 4.90 Å². The number of nitrogens with two attached hydrogens (primary N) is 1. The third-order valence-corrected chi connectivity index (χ3v) is 3.05. The van der Waals surface area contributed by atoms with Crippen LogP contribution in [0.1, 0.15) is 6.92 Å². The monoisotopic (exact) mass is 233 g/mol. The summed E-state index contributed by atoms with van der Waals surface area (Å²) in [6, 6.07) is 0. The Labute approximate surface area is 88.6 Å². The lowest BCUT2D eigenvalue weighted by Crippen LogP contribution is -2.38. The zero-order valence-electron chi connectivity index (χ0n) is 8.71. The van der Waals surface area contributed by atoms with Crippen LogP contribution in [-0.2, 0) is 16.4 Å². The summed E-state index contributed by atoms with van der Waals surface area (Å²) in [4.78, 5) is 0.135. The van der Waals surface area contributed by atoms with Gasteiger partial charge in [0.2, 0.25) is 0 Å². The second-order valence-corrected chi connectivity index (χ2v) is 5.86. The zero-order chi connectivity index (χ0) is 11.7. The van der Waals surface area contributed by atoms with E-state index in [0.717, 1.165) is 6.26 Å². The van der Waals surface area contributed by atoms with Gasteiger partial charge in [-0.15, -0.1) is 0 Å². The van der Waals surface area contributed by atoms with E-state index in [-0.39, 0.29) is 18.0 Å². The highest BCUT2D eigenvalue weighted by Crippen LogP contribution is 2.09. The van der Waals surface area contributed by atoms with Crippen LogP contribution in [0.5, 0.6) is 0 Å². The molecule has 0 aliphatic heterocycles. The Balaban J connectivity index is 2.87. The molecule has 6 nitrogen and oxygen atoms in total. The van der Waals surface area contributed by atoms with Gasteiger partial charge in [0.15, 0.2) is 9.84 Å². The van der Waals surface area contributed by atoms with Gasteiger partial charge in [0, 0.05) is 19.0 Å². The van der Waals surface area contributed by atoms with Crippen LogP contribution in [0.2, 0.25) is 0 Å². The Hall–Kier alpha value is -0.920. The molecule has 0 radical (unpaired) electrons. The molecular weight excluding hydrogens is 218 g/mol. The van der Waals surface area contributed by atoms with Crippen molar-refractivity contribution in [2.75, 3.05) is 12.8 Å². The number of aromatic nitrogens is 2. The molecule has 1 atom stereocenters. The van der Waals surface area contributed by atoms with E-state index in [1.165, 1.54) is 17.1 Å². The Morgan fingerprint density at radius 3 is 2.67 bits per heavy atom. The van der Waals surface area contributed by atoms with Crippen LogP contribution in [-0.4, -0.2) is 41.7 Å². The van der Waals surface area contributed by atoms with Gasteiger partial charge in [0.25, 0.3) is 0 Å². The van der Waals surface area contributed by atoms with E-state index in [1.54, 1.807) is 6.92 Å². The number of aliphatic hydroxyl groups is 1. The van der Waals surface area contributed by atoms with Gasteiger partial charge in [-0.25, -0.2) is 8.42 Å². The number of hydrogen-bond donors (Lipinski definition) is 2. The van der Waals surface area contributed by atoms with E-state index < -0.39 is 15.4 Å². The molecule has 1 heterocycles. The molecule has 0 saturated heterocycles. The number of sulfone groups is 1. The van der Waals surface area contributed by atoms with Crippen molar-refractivity contribution in [2.24, 2.45) is 5.73 Å². The molecule has 0 aliphatic carbocycles. The average molecular weight is 233 g/mol. The summed E-state index contributed by atoms with van der Waals surface area (Å²) in [5, 5.41) is 13.5. The highest BCUT2D eigenvalue weighted by molar-refractivity contribution is 7.90. The molecule has 1 rings (SSSR count). The third-order valence-electron chi connectivity index (χ3n) is 1.98. The first-order valence-electron chi connectivity index (χ1n) is 4.39. The van der Waals surface area contributed by atoms with Crippen molar-refractivity contribution in [1.29, 1.82) is 0 Å². The van der Waals surface area contributed by atoms with E-state index in [1.807, 2.05) is 0 Å². The summed E-state index contributed by atoms with van der Waals surface area (Å²) in [7, 11) is -3.24. The number of nitrogens with zero attached hydrogens (tertiary/aromatic N) is 2. The Morgan fingerprint density at radius 2 is 2.27 bits per heavy atom. The van der Waals surface area contributed by atoms with Crippen molar-refractivity contribution >= 4 is 9.84 Å². The first kappa shape index (κ1) is 12.2.